The van der Waals surface area contributed by atoms with Crippen LogP contribution in [0.4, 0.5) is 21.5 Å². The van der Waals surface area contributed by atoms with Gasteiger partial charge in [0.15, 0.2) is 0 Å². The molecule has 2 rings (SSSR count). The number of nitrogen functional groups attached to an aromatic ring is 1. The van der Waals surface area contributed by atoms with Gasteiger partial charge in [0.2, 0.25) is 0 Å². The molecule has 0 saturated heterocycles. The van der Waals surface area contributed by atoms with Crippen LogP contribution >= 0.6 is 11.6 Å². The Kier molecular flexibility index (Phi) is 4.33. The van der Waals surface area contributed by atoms with Crippen LogP contribution in [0.15, 0.2) is 36.4 Å². The highest BCUT2D eigenvalue weighted by Crippen LogP contribution is 2.23. The van der Waals surface area contributed by atoms with Crippen LogP contribution in [0.1, 0.15) is 10.4 Å². The molecule has 6 heteroatoms. The summed E-state index contributed by atoms with van der Waals surface area (Å²) in [5.41, 5.74) is 7.94. The maximum Gasteiger partial charge on any atom is 0.255 e. The fraction of sp³-hybridized carbons (Fsp3) is 0.133. The third-order valence-electron chi connectivity index (χ3n) is 2.95. The average Bonchev–Trinajstić information content (AvgIpc) is 2.42. The summed E-state index contributed by atoms with van der Waals surface area (Å²) in [5, 5.41) is 2.60. The Bertz CT molecular complexity index is 689. The maximum absolute atomic E-state index is 13.3. The SMILES string of the molecule is CN(C)c1ccc(C(=O)Nc2ccc(Cl)c(F)c2)cc1N. The van der Waals surface area contributed by atoms with E-state index in [1.807, 2.05) is 19.0 Å². The first-order valence-electron chi connectivity index (χ1n) is 6.21. The number of rotatable bonds is 3. The van der Waals surface area contributed by atoms with Gasteiger partial charge in [-0.1, -0.05) is 11.6 Å². The molecule has 0 saturated carbocycles. The lowest BCUT2D eigenvalue weighted by molar-refractivity contribution is 0.102. The smallest absolute Gasteiger partial charge is 0.255 e. The summed E-state index contributed by atoms with van der Waals surface area (Å²) in [5.74, 6) is -0.953. The molecule has 0 fully saturated rings. The fourth-order valence-corrected chi connectivity index (χ4v) is 2.00. The molecule has 0 unspecified atom stereocenters. The molecule has 2 aromatic rings. The van der Waals surface area contributed by atoms with Crippen LogP contribution < -0.4 is 16.0 Å². The van der Waals surface area contributed by atoms with Crippen LogP contribution in [-0.4, -0.2) is 20.0 Å². The van der Waals surface area contributed by atoms with E-state index in [9.17, 15) is 9.18 Å². The summed E-state index contributed by atoms with van der Waals surface area (Å²) < 4.78 is 13.3. The summed E-state index contributed by atoms with van der Waals surface area (Å²) in [6.07, 6.45) is 0. The molecule has 3 N–H and O–H groups in total. The van der Waals surface area contributed by atoms with E-state index in [2.05, 4.69) is 5.32 Å². The van der Waals surface area contributed by atoms with E-state index < -0.39 is 5.82 Å². The minimum atomic E-state index is -0.586. The number of halogens is 2. The number of hydrogen-bond acceptors (Lipinski definition) is 3. The number of nitrogens with one attached hydrogen (secondary N) is 1. The highest BCUT2D eigenvalue weighted by molar-refractivity contribution is 6.30. The molecular weight excluding hydrogens is 293 g/mol. The summed E-state index contributed by atoms with van der Waals surface area (Å²) in [6.45, 7) is 0. The first-order valence-corrected chi connectivity index (χ1v) is 6.59. The van der Waals surface area contributed by atoms with Gasteiger partial charge in [0, 0.05) is 25.3 Å². The number of hydrogen-bond donors (Lipinski definition) is 2. The second-order valence-corrected chi connectivity index (χ2v) is 5.16. The molecule has 0 atom stereocenters. The van der Waals surface area contributed by atoms with Gasteiger partial charge in [-0.05, 0) is 36.4 Å². The molecule has 0 aliphatic carbocycles. The summed E-state index contributed by atoms with van der Waals surface area (Å²) in [4.78, 5) is 14.0. The Morgan fingerprint density at radius 1 is 1.24 bits per heavy atom. The molecule has 0 spiro atoms. The van der Waals surface area contributed by atoms with Gasteiger partial charge in [0.1, 0.15) is 5.82 Å². The number of carbonyl (C=O) groups is 1. The van der Waals surface area contributed by atoms with Crippen molar-refractivity contribution in [1.29, 1.82) is 0 Å². The number of anilines is 3. The van der Waals surface area contributed by atoms with Crippen LogP contribution in [0.25, 0.3) is 0 Å². The minimum absolute atomic E-state index is 0.00702. The van der Waals surface area contributed by atoms with Crippen molar-refractivity contribution in [3.63, 3.8) is 0 Å². The van der Waals surface area contributed by atoms with Gasteiger partial charge in [0.05, 0.1) is 16.4 Å². The summed E-state index contributed by atoms with van der Waals surface area (Å²) in [7, 11) is 3.73. The normalized spacial score (nSPS) is 10.3. The highest BCUT2D eigenvalue weighted by Gasteiger charge is 2.10. The zero-order chi connectivity index (χ0) is 15.6. The van der Waals surface area contributed by atoms with Gasteiger partial charge in [-0.2, -0.15) is 0 Å². The van der Waals surface area contributed by atoms with Gasteiger partial charge in [-0.25, -0.2) is 4.39 Å². The van der Waals surface area contributed by atoms with E-state index in [1.165, 1.54) is 12.1 Å². The Labute approximate surface area is 127 Å². The topological polar surface area (TPSA) is 58.4 Å². The predicted molar refractivity (Wildman–Crippen MR) is 84.5 cm³/mol. The minimum Gasteiger partial charge on any atom is -0.397 e. The summed E-state index contributed by atoms with van der Waals surface area (Å²) in [6, 6.07) is 9.07. The van der Waals surface area contributed by atoms with Gasteiger partial charge >= 0.3 is 0 Å². The number of benzene rings is 2. The number of amides is 1. The first kappa shape index (κ1) is 15.1. The maximum atomic E-state index is 13.3. The van der Waals surface area contributed by atoms with Crippen molar-refractivity contribution in [3.05, 3.63) is 52.8 Å². The van der Waals surface area contributed by atoms with E-state index in [0.29, 0.717) is 16.9 Å². The van der Waals surface area contributed by atoms with Crippen LogP contribution in [-0.2, 0) is 0 Å². The molecule has 1 amide bonds. The zero-order valence-electron chi connectivity index (χ0n) is 11.7. The van der Waals surface area contributed by atoms with Crippen molar-refractivity contribution < 1.29 is 9.18 Å². The molecule has 0 aliphatic rings. The second-order valence-electron chi connectivity index (χ2n) is 4.75. The van der Waals surface area contributed by atoms with Crippen molar-refractivity contribution in [3.8, 4) is 0 Å². The van der Waals surface area contributed by atoms with Crippen LogP contribution in [0.2, 0.25) is 5.02 Å². The number of carbonyl (C=O) groups excluding carboxylic acids is 1. The van der Waals surface area contributed by atoms with Crippen molar-refractivity contribution in [2.24, 2.45) is 0 Å². The zero-order valence-corrected chi connectivity index (χ0v) is 12.4. The van der Waals surface area contributed by atoms with E-state index in [4.69, 9.17) is 17.3 Å². The molecule has 0 aliphatic heterocycles. The Hall–Kier alpha value is -2.27. The van der Waals surface area contributed by atoms with E-state index in [0.717, 1.165) is 11.8 Å². The first-order chi connectivity index (χ1) is 9.88. The second kappa shape index (κ2) is 6.01. The highest BCUT2D eigenvalue weighted by atomic mass is 35.5. The van der Waals surface area contributed by atoms with E-state index in [-0.39, 0.29) is 10.9 Å². The van der Waals surface area contributed by atoms with E-state index >= 15 is 0 Å². The molecule has 2 aromatic carbocycles. The van der Waals surface area contributed by atoms with Crippen LogP contribution in [0.5, 0.6) is 0 Å². The van der Waals surface area contributed by atoms with Crippen molar-refractivity contribution >= 4 is 34.6 Å². The number of nitrogens with two attached hydrogens (primary N) is 1. The lowest BCUT2D eigenvalue weighted by Gasteiger charge is -2.16. The Morgan fingerprint density at radius 2 is 1.95 bits per heavy atom. The third-order valence-corrected chi connectivity index (χ3v) is 3.26. The lowest BCUT2D eigenvalue weighted by atomic mass is 10.1. The predicted octanol–water partition coefficient (Wildman–Crippen LogP) is 3.38. The van der Waals surface area contributed by atoms with Crippen molar-refractivity contribution in [2.45, 2.75) is 0 Å². The monoisotopic (exact) mass is 307 g/mol. The Balaban J connectivity index is 2.20. The fourth-order valence-electron chi connectivity index (χ4n) is 1.88. The molecule has 0 radical (unpaired) electrons. The van der Waals surface area contributed by atoms with Crippen LogP contribution in [0, 0.1) is 5.82 Å². The van der Waals surface area contributed by atoms with Gasteiger partial charge < -0.3 is 16.0 Å². The van der Waals surface area contributed by atoms with Gasteiger partial charge in [-0.15, -0.1) is 0 Å². The van der Waals surface area contributed by atoms with Crippen molar-refractivity contribution in [2.75, 3.05) is 30.0 Å². The summed E-state index contributed by atoms with van der Waals surface area (Å²) >= 11 is 5.59. The van der Waals surface area contributed by atoms with E-state index in [1.54, 1.807) is 18.2 Å². The lowest BCUT2D eigenvalue weighted by Crippen LogP contribution is -2.15. The standard InChI is InChI=1S/C15H15ClFN3O/c1-20(2)14-6-3-9(7-13(14)18)15(21)19-10-4-5-11(16)12(17)8-10/h3-8H,18H2,1-2H3,(H,19,21). The van der Waals surface area contributed by atoms with Crippen molar-refractivity contribution in [1.82, 2.24) is 0 Å². The largest absolute Gasteiger partial charge is 0.397 e. The number of nitrogens with zero attached hydrogens (tertiary/aromatic N) is 1. The molecule has 4 nitrogen and oxygen atoms in total. The van der Waals surface area contributed by atoms with Gasteiger partial charge in [-0.3, -0.25) is 4.79 Å². The molecule has 0 aromatic heterocycles. The molecule has 110 valence electrons. The molecular formula is C15H15ClFN3O. The average molecular weight is 308 g/mol. The van der Waals surface area contributed by atoms with Gasteiger partial charge in [0.25, 0.3) is 5.91 Å². The molecule has 0 bridgehead atoms. The third kappa shape index (κ3) is 3.44. The molecule has 21 heavy (non-hydrogen) atoms. The van der Waals surface area contributed by atoms with Crippen LogP contribution in [0.3, 0.4) is 0 Å². The molecule has 0 heterocycles. The Morgan fingerprint density at radius 3 is 2.52 bits per heavy atom. The quantitative estimate of drug-likeness (QED) is 0.855.